The maximum atomic E-state index is 14.5. The molecular formula is C17H19F2N3O3. The molecule has 0 bridgehead atoms. The molecule has 2 aliphatic heterocycles. The predicted octanol–water partition coefficient (Wildman–Crippen LogP) is 1.21. The number of carbonyl (C=O) groups is 3. The number of likely N-dealkylation sites (tertiary alicyclic amines) is 1. The van der Waals surface area contributed by atoms with E-state index < -0.39 is 17.2 Å². The second-order valence-electron chi connectivity index (χ2n) is 7.06. The van der Waals surface area contributed by atoms with E-state index in [9.17, 15) is 23.2 Å². The number of nitrogens with one attached hydrogen (secondary N) is 2. The standard InChI is InChI=1S/C17H19F2N3O3/c1-16(2,18)15(25)20-7-17(19)8-22(9-17)14(24)10-3-4-12-11(5-10)6-13(23)21-12/h3-5H,6-9H2,1-2H3,(H,20,25)(H,21,23). The van der Waals surface area contributed by atoms with Gasteiger partial charge in [0.05, 0.1) is 26.1 Å². The highest BCUT2D eigenvalue weighted by molar-refractivity contribution is 6.01. The molecule has 0 radical (unpaired) electrons. The van der Waals surface area contributed by atoms with Crippen molar-refractivity contribution >= 4 is 23.4 Å². The van der Waals surface area contributed by atoms with Crippen LogP contribution in [0.25, 0.3) is 0 Å². The van der Waals surface area contributed by atoms with Gasteiger partial charge >= 0.3 is 0 Å². The zero-order valence-corrected chi connectivity index (χ0v) is 14.0. The van der Waals surface area contributed by atoms with E-state index in [1.165, 1.54) is 4.90 Å². The predicted molar refractivity (Wildman–Crippen MR) is 86.7 cm³/mol. The fraction of sp³-hybridized carbons (Fsp3) is 0.471. The van der Waals surface area contributed by atoms with Crippen LogP contribution in [0.5, 0.6) is 0 Å². The molecule has 1 aromatic carbocycles. The molecule has 2 aliphatic rings. The van der Waals surface area contributed by atoms with Gasteiger partial charge in [-0.05, 0) is 37.6 Å². The third-order valence-electron chi connectivity index (χ3n) is 4.32. The molecule has 0 unspecified atom stereocenters. The van der Waals surface area contributed by atoms with Gasteiger partial charge in [0.2, 0.25) is 5.91 Å². The summed E-state index contributed by atoms with van der Waals surface area (Å²) in [4.78, 5) is 36.5. The molecule has 0 atom stereocenters. The molecule has 3 amide bonds. The molecular weight excluding hydrogens is 332 g/mol. The summed E-state index contributed by atoms with van der Waals surface area (Å²) in [6, 6.07) is 4.86. The van der Waals surface area contributed by atoms with Gasteiger partial charge in [-0.25, -0.2) is 8.78 Å². The number of carbonyl (C=O) groups excluding carboxylic acids is 3. The summed E-state index contributed by atoms with van der Waals surface area (Å²) < 4.78 is 27.9. The highest BCUT2D eigenvalue weighted by Crippen LogP contribution is 2.29. The van der Waals surface area contributed by atoms with Crippen molar-refractivity contribution in [3.05, 3.63) is 29.3 Å². The van der Waals surface area contributed by atoms with Crippen LogP contribution in [0.3, 0.4) is 0 Å². The maximum absolute atomic E-state index is 14.5. The summed E-state index contributed by atoms with van der Waals surface area (Å²) in [5.74, 6) is -1.35. The van der Waals surface area contributed by atoms with Crippen LogP contribution in [-0.2, 0) is 16.0 Å². The third kappa shape index (κ3) is 3.47. The van der Waals surface area contributed by atoms with Gasteiger partial charge in [0, 0.05) is 11.3 Å². The van der Waals surface area contributed by atoms with Gasteiger partial charge in [0.1, 0.15) is 0 Å². The molecule has 1 fully saturated rings. The highest BCUT2D eigenvalue weighted by Gasteiger charge is 2.46. The largest absolute Gasteiger partial charge is 0.350 e. The molecule has 25 heavy (non-hydrogen) atoms. The number of benzene rings is 1. The molecule has 0 aromatic heterocycles. The van der Waals surface area contributed by atoms with E-state index in [1.807, 2.05) is 0 Å². The molecule has 8 heteroatoms. The fourth-order valence-electron chi connectivity index (χ4n) is 2.89. The molecule has 1 saturated heterocycles. The highest BCUT2D eigenvalue weighted by atomic mass is 19.1. The quantitative estimate of drug-likeness (QED) is 0.856. The minimum Gasteiger partial charge on any atom is -0.350 e. The Kier molecular flexibility index (Phi) is 4.01. The number of alkyl halides is 2. The van der Waals surface area contributed by atoms with E-state index in [4.69, 9.17) is 0 Å². The first-order chi connectivity index (χ1) is 11.6. The van der Waals surface area contributed by atoms with Crippen LogP contribution in [0, 0.1) is 0 Å². The van der Waals surface area contributed by atoms with Crippen molar-refractivity contribution in [2.45, 2.75) is 31.6 Å². The number of nitrogens with zero attached hydrogens (tertiary/aromatic N) is 1. The van der Waals surface area contributed by atoms with Crippen molar-refractivity contribution < 1.29 is 23.2 Å². The number of amides is 3. The second kappa shape index (κ2) is 5.79. The smallest absolute Gasteiger partial charge is 0.257 e. The molecule has 3 rings (SSSR count). The van der Waals surface area contributed by atoms with Gasteiger partial charge in [-0.15, -0.1) is 0 Å². The average molecular weight is 351 g/mol. The lowest BCUT2D eigenvalue weighted by molar-refractivity contribution is -0.132. The van der Waals surface area contributed by atoms with E-state index in [0.29, 0.717) is 11.3 Å². The summed E-state index contributed by atoms with van der Waals surface area (Å²) in [6.45, 7) is 1.50. The van der Waals surface area contributed by atoms with Crippen LogP contribution in [0.15, 0.2) is 18.2 Å². The van der Waals surface area contributed by atoms with Crippen molar-refractivity contribution in [1.82, 2.24) is 10.2 Å². The van der Waals surface area contributed by atoms with Gasteiger partial charge in [0.15, 0.2) is 11.3 Å². The van der Waals surface area contributed by atoms with Crippen LogP contribution in [-0.4, -0.2) is 53.6 Å². The number of rotatable bonds is 4. The Balaban J connectivity index is 1.57. The summed E-state index contributed by atoms with van der Waals surface area (Å²) in [5.41, 5.74) is -2.04. The fourth-order valence-corrected chi connectivity index (χ4v) is 2.89. The monoisotopic (exact) mass is 351 g/mol. The van der Waals surface area contributed by atoms with Crippen molar-refractivity contribution in [3.8, 4) is 0 Å². The lowest BCUT2D eigenvalue weighted by Crippen LogP contribution is -2.65. The number of halogens is 2. The second-order valence-corrected chi connectivity index (χ2v) is 7.06. The van der Waals surface area contributed by atoms with Crippen LogP contribution < -0.4 is 10.6 Å². The molecule has 2 N–H and O–H groups in total. The summed E-state index contributed by atoms with van der Waals surface area (Å²) >= 11 is 0. The minimum absolute atomic E-state index is 0.127. The van der Waals surface area contributed by atoms with E-state index in [1.54, 1.807) is 18.2 Å². The third-order valence-corrected chi connectivity index (χ3v) is 4.32. The Labute approximate surface area is 143 Å². The Morgan fingerprint density at radius 1 is 1.36 bits per heavy atom. The Bertz CT molecular complexity index is 752. The normalized spacial score (nSPS) is 18.2. The first-order valence-electron chi connectivity index (χ1n) is 7.96. The van der Waals surface area contributed by atoms with Crippen molar-refractivity contribution in [2.24, 2.45) is 0 Å². The van der Waals surface area contributed by atoms with Crippen molar-refractivity contribution in [2.75, 3.05) is 25.0 Å². The van der Waals surface area contributed by atoms with Gasteiger partial charge < -0.3 is 15.5 Å². The Morgan fingerprint density at radius 2 is 2.04 bits per heavy atom. The summed E-state index contributed by atoms with van der Waals surface area (Å²) in [7, 11) is 0. The van der Waals surface area contributed by atoms with E-state index in [0.717, 1.165) is 19.4 Å². The van der Waals surface area contributed by atoms with Crippen LogP contribution in [0.4, 0.5) is 14.5 Å². The summed E-state index contributed by atoms with van der Waals surface area (Å²) in [5, 5.41) is 4.91. The molecule has 134 valence electrons. The number of hydrogen-bond donors (Lipinski definition) is 2. The van der Waals surface area contributed by atoms with Crippen molar-refractivity contribution in [1.29, 1.82) is 0 Å². The first-order valence-corrected chi connectivity index (χ1v) is 7.96. The van der Waals surface area contributed by atoms with Crippen molar-refractivity contribution in [3.63, 3.8) is 0 Å². The minimum atomic E-state index is -2.08. The number of anilines is 1. The number of hydrogen-bond acceptors (Lipinski definition) is 3. The molecule has 1 aromatic rings. The molecule has 6 nitrogen and oxygen atoms in total. The van der Waals surface area contributed by atoms with Gasteiger partial charge in [-0.1, -0.05) is 0 Å². The lowest BCUT2D eigenvalue weighted by atomic mass is 9.94. The number of fused-ring (bicyclic) bond motifs is 1. The Hall–Kier alpha value is -2.51. The zero-order chi connectivity index (χ0) is 18.4. The molecule has 0 saturated carbocycles. The van der Waals surface area contributed by atoms with E-state index >= 15 is 0 Å². The maximum Gasteiger partial charge on any atom is 0.257 e. The van der Waals surface area contributed by atoms with E-state index in [2.05, 4.69) is 10.6 Å². The molecule has 0 aliphatic carbocycles. The first kappa shape index (κ1) is 17.3. The zero-order valence-electron chi connectivity index (χ0n) is 14.0. The Morgan fingerprint density at radius 3 is 2.68 bits per heavy atom. The van der Waals surface area contributed by atoms with Gasteiger partial charge in [-0.3, -0.25) is 14.4 Å². The average Bonchev–Trinajstić information content (AvgIpc) is 2.87. The van der Waals surface area contributed by atoms with Crippen LogP contribution in [0.1, 0.15) is 29.8 Å². The van der Waals surface area contributed by atoms with E-state index in [-0.39, 0.29) is 37.9 Å². The molecule has 2 heterocycles. The summed E-state index contributed by atoms with van der Waals surface area (Å²) in [6.07, 6.45) is 0.217. The van der Waals surface area contributed by atoms with Crippen LogP contribution in [0.2, 0.25) is 0 Å². The van der Waals surface area contributed by atoms with Gasteiger partial charge in [-0.2, -0.15) is 0 Å². The molecule has 0 spiro atoms. The van der Waals surface area contributed by atoms with Crippen LogP contribution >= 0.6 is 0 Å². The topological polar surface area (TPSA) is 78.5 Å². The van der Waals surface area contributed by atoms with Gasteiger partial charge in [0.25, 0.3) is 11.8 Å². The lowest BCUT2D eigenvalue weighted by Gasteiger charge is -2.44. The SMILES string of the molecule is CC(C)(F)C(=O)NCC1(F)CN(C(=O)c2ccc3c(c2)CC(=O)N3)C1.